The molecule has 0 bridgehead atoms. The molecule has 0 spiro atoms. The fourth-order valence-corrected chi connectivity index (χ4v) is 5.22. The average molecular weight is 507 g/mol. The molecule has 5 rings (SSSR count). The number of nitrogens with one attached hydrogen (secondary N) is 2. The van der Waals surface area contributed by atoms with Gasteiger partial charge < -0.3 is 25.0 Å². The van der Waals surface area contributed by atoms with Crippen molar-refractivity contribution in [1.29, 1.82) is 0 Å². The van der Waals surface area contributed by atoms with Crippen LogP contribution in [0.5, 0.6) is 0 Å². The normalized spacial score (nSPS) is 24.0. The van der Waals surface area contributed by atoms with Gasteiger partial charge in [-0.2, -0.15) is 5.10 Å². The lowest BCUT2D eigenvalue weighted by atomic mass is 9.81. The highest BCUT2D eigenvalue weighted by Gasteiger charge is 2.39. The first-order valence-electron chi connectivity index (χ1n) is 12.6. The molecule has 1 saturated carbocycles. The van der Waals surface area contributed by atoms with Crippen LogP contribution in [-0.2, 0) is 16.0 Å². The monoisotopic (exact) mass is 506 g/mol. The summed E-state index contributed by atoms with van der Waals surface area (Å²) in [6.07, 6.45) is 3.93. The van der Waals surface area contributed by atoms with E-state index in [0.717, 1.165) is 5.56 Å². The Morgan fingerprint density at radius 2 is 2.06 bits per heavy atom. The third kappa shape index (κ3) is 5.69. The van der Waals surface area contributed by atoms with Gasteiger partial charge in [0.15, 0.2) is 5.65 Å². The smallest absolute Gasteiger partial charge is 0.407 e. The Labute approximate surface area is 207 Å². The first kappa shape index (κ1) is 24.7. The first-order valence-corrected chi connectivity index (χ1v) is 12.6. The lowest BCUT2D eigenvalue weighted by Gasteiger charge is -2.33. The molecule has 4 heterocycles. The molecule has 2 atom stereocenters. The summed E-state index contributed by atoms with van der Waals surface area (Å²) >= 11 is 0. The summed E-state index contributed by atoms with van der Waals surface area (Å²) in [5.74, 6) is -2.88. The van der Waals surface area contributed by atoms with Crippen LogP contribution in [0.15, 0.2) is 18.5 Å². The number of hydrogen-bond donors (Lipinski definition) is 2. The predicted octanol–water partition coefficient (Wildman–Crippen LogP) is 3.41. The van der Waals surface area contributed by atoms with Crippen LogP contribution < -0.4 is 10.6 Å². The van der Waals surface area contributed by atoms with E-state index >= 15 is 0 Å². The lowest BCUT2D eigenvalue weighted by Crippen LogP contribution is -2.39. The maximum absolute atomic E-state index is 13.9. The summed E-state index contributed by atoms with van der Waals surface area (Å²) in [4.78, 5) is 31.2. The molecule has 2 saturated heterocycles. The predicted molar refractivity (Wildman–Crippen MR) is 124 cm³/mol. The van der Waals surface area contributed by atoms with Gasteiger partial charge in [-0.25, -0.2) is 27.9 Å². The molecule has 3 fully saturated rings. The van der Waals surface area contributed by atoms with Gasteiger partial charge in [0.05, 0.1) is 37.3 Å². The van der Waals surface area contributed by atoms with Crippen molar-refractivity contribution in [2.75, 3.05) is 19.8 Å². The van der Waals surface area contributed by atoms with Crippen molar-refractivity contribution in [2.45, 2.75) is 76.1 Å². The van der Waals surface area contributed by atoms with Crippen molar-refractivity contribution in [1.82, 2.24) is 30.1 Å². The fourth-order valence-electron chi connectivity index (χ4n) is 5.22. The second-order valence-electron chi connectivity index (χ2n) is 10.1. The maximum Gasteiger partial charge on any atom is 0.407 e. The summed E-state index contributed by atoms with van der Waals surface area (Å²) in [7, 11) is 0. The molecule has 36 heavy (non-hydrogen) atoms. The van der Waals surface area contributed by atoms with E-state index in [1.54, 1.807) is 21.8 Å². The van der Waals surface area contributed by atoms with Crippen molar-refractivity contribution in [3.63, 3.8) is 0 Å². The maximum atomic E-state index is 13.9. The van der Waals surface area contributed by atoms with Crippen LogP contribution in [0.1, 0.15) is 62.7 Å². The van der Waals surface area contributed by atoms with Gasteiger partial charge in [0.1, 0.15) is 6.10 Å². The number of urea groups is 1. The van der Waals surface area contributed by atoms with Crippen LogP contribution >= 0.6 is 0 Å². The second kappa shape index (κ2) is 10.2. The molecule has 1 aliphatic carbocycles. The van der Waals surface area contributed by atoms with E-state index in [0.29, 0.717) is 50.5 Å². The topological polar surface area (TPSA) is 110 Å². The number of fused-ring (bicyclic) bond motifs is 1. The number of alkyl carbamates (subject to hydrolysis) is 1. The van der Waals surface area contributed by atoms with Gasteiger partial charge in [-0.15, -0.1) is 0 Å². The molecular weight excluding hydrogens is 474 g/mol. The molecule has 10 nitrogen and oxygen atoms in total. The van der Waals surface area contributed by atoms with Crippen LogP contribution in [0.4, 0.5) is 18.4 Å². The Morgan fingerprint density at radius 3 is 2.75 bits per heavy atom. The number of nitrogens with zero attached hydrogens (tertiary/aromatic N) is 4. The van der Waals surface area contributed by atoms with E-state index in [2.05, 4.69) is 15.7 Å². The average Bonchev–Trinajstić information content (AvgIpc) is 3.40. The highest BCUT2D eigenvalue weighted by atomic mass is 19.3. The van der Waals surface area contributed by atoms with Gasteiger partial charge >= 0.3 is 12.1 Å². The molecule has 12 heteroatoms. The zero-order chi connectivity index (χ0) is 25.3. The fraction of sp³-hybridized carbons (Fsp3) is 0.667. The Hall–Kier alpha value is -3.02. The molecule has 3 aliphatic rings. The van der Waals surface area contributed by atoms with Gasteiger partial charge in [-0.3, -0.25) is 0 Å². The lowest BCUT2D eigenvalue weighted by molar-refractivity contribution is -0.0502. The molecule has 2 aromatic rings. The third-order valence-electron chi connectivity index (χ3n) is 7.19. The van der Waals surface area contributed by atoms with Crippen molar-refractivity contribution in [3.05, 3.63) is 29.7 Å². The van der Waals surface area contributed by atoms with Crippen LogP contribution in [0, 0.1) is 5.92 Å². The van der Waals surface area contributed by atoms with E-state index in [1.807, 2.05) is 13.0 Å². The summed E-state index contributed by atoms with van der Waals surface area (Å²) in [6, 6.07) is 1.23. The number of carbonyl (C=O) groups excluding carboxylic acids is 2. The molecule has 2 aliphatic heterocycles. The second-order valence-corrected chi connectivity index (χ2v) is 10.1. The zero-order valence-corrected chi connectivity index (χ0v) is 20.3. The van der Waals surface area contributed by atoms with Gasteiger partial charge in [0.25, 0.3) is 0 Å². The van der Waals surface area contributed by atoms with Gasteiger partial charge in [0, 0.05) is 44.8 Å². The number of amides is 3. The molecule has 0 radical (unpaired) electrons. The minimum Gasteiger partial charge on any atom is -0.446 e. The summed E-state index contributed by atoms with van der Waals surface area (Å²) in [5, 5.41) is 10.2. The van der Waals surface area contributed by atoms with Crippen molar-refractivity contribution < 1.29 is 27.8 Å². The number of rotatable bonds is 6. The minimum atomic E-state index is -2.68. The number of alkyl halides is 2. The first-order chi connectivity index (χ1) is 17.3. The van der Waals surface area contributed by atoms with Gasteiger partial charge in [0.2, 0.25) is 5.92 Å². The Kier molecular flexibility index (Phi) is 6.96. The van der Waals surface area contributed by atoms with Crippen LogP contribution in [0.2, 0.25) is 0 Å². The Bertz CT molecular complexity index is 1100. The van der Waals surface area contributed by atoms with Crippen molar-refractivity contribution in [3.8, 4) is 0 Å². The van der Waals surface area contributed by atoms with Gasteiger partial charge in [-0.05, 0) is 37.3 Å². The quantitative estimate of drug-likeness (QED) is 0.621. The van der Waals surface area contributed by atoms with Gasteiger partial charge in [-0.1, -0.05) is 0 Å². The van der Waals surface area contributed by atoms with E-state index in [9.17, 15) is 18.4 Å². The Morgan fingerprint density at radius 1 is 1.31 bits per heavy atom. The van der Waals surface area contributed by atoms with E-state index in [1.165, 1.54) is 0 Å². The molecule has 0 aromatic carbocycles. The SMILES string of the molecule is C[C@@H]1CN(Cc2cnn3cc([C@@H](NC(=O)OC4CCOCC4)C4CCC(F)(F)CC4)nc3c2)C(=O)N1. The largest absolute Gasteiger partial charge is 0.446 e. The summed E-state index contributed by atoms with van der Waals surface area (Å²) in [6.45, 7) is 4.03. The van der Waals surface area contributed by atoms with Crippen molar-refractivity contribution in [2.24, 2.45) is 5.92 Å². The Balaban J connectivity index is 1.34. The van der Waals surface area contributed by atoms with Crippen molar-refractivity contribution >= 4 is 17.8 Å². The van der Waals surface area contributed by atoms with E-state index in [-0.39, 0.29) is 49.8 Å². The minimum absolute atomic E-state index is 0.0859. The highest BCUT2D eigenvalue weighted by molar-refractivity contribution is 5.76. The molecule has 0 unspecified atom stereocenters. The zero-order valence-electron chi connectivity index (χ0n) is 20.3. The molecule has 2 aromatic heterocycles. The highest BCUT2D eigenvalue weighted by Crippen LogP contribution is 2.41. The molecule has 2 N–H and O–H groups in total. The van der Waals surface area contributed by atoms with E-state index < -0.39 is 18.1 Å². The van der Waals surface area contributed by atoms with Crippen LogP contribution in [0.25, 0.3) is 5.65 Å². The number of carbonyl (C=O) groups is 2. The third-order valence-corrected chi connectivity index (χ3v) is 7.19. The van der Waals surface area contributed by atoms with Crippen LogP contribution in [-0.4, -0.2) is 69.4 Å². The number of imidazole rings is 1. The number of halogens is 2. The molecule has 3 amide bonds. The molecule has 196 valence electrons. The number of aromatic nitrogens is 3. The van der Waals surface area contributed by atoms with Crippen LogP contribution in [0.3, 0.4) is 0 Å². The summed E-state index contributed by atoms with van der Waals surface area (Å²) in [5.41, 5.74) is 1.93. The summed E-state index contributed by atoms with van der Waals surface area (Å²) < 4.78 is 40.2. The number of ether oxygens (including phenoxy) is 2. The van der Waals surface area contributed by atoms with E-state index in [4.69, 9.17) is 14.5 Å². The molecular formula is C24H32F2N6O4. The standard InChI is InChI=1S/C24H32F2N6O4/c1-15-12-31(22(33)28-15)13-16-10-20-29-19(14-32(20)27-11-16)21(17-2-6-24(25,26)7-3-17)30-23(34)36-18-4-8-35-9-5-18/h10-11,14-15,17-18,21H,2-9,12-13H2,1H3,(H,28,33)(H,30,34)/t15-,21+/m1/s1. The number of hydrogen-bond acceptors (Lipinski definition) is 6.